The molecule has 4 bridgehead atoms. The Morgan fingerprint density at radius 3 is 2.17 bits per heavy atom. The minimum atomic E-state index is -0.913. The van der Waals surface area contributed by atoms with E-state index >= 15 is 0 Å². The molecule has 4 saturated carbocycles. The molecule has 4 aliphatic rings. The van der Waals surface area contributed by atoms with Crippen molar-refractivity contribution in [3.63, 3.8) is 0 Å². The van der Waals surface area contributed by atoms with Gasteiger partial charge in [-0.2, -0.15) is 0 Å². The quantitative estimate of drug-likeness (QED) is 0.533. The highest BCUT2D eigenvalue weighted by Gasteiger charge is 2.51. The van der Waals surface area contributed by atoms with E-state index in [0.717, 1.165) is 37.0 Å². The molecule has 6 heteroatoms. The molecule has 5 nitrogen and oxygen atoms in total. The van der Waals surface area contributed by atoms with Gasteiger partial charge in [0.1, 0.15) is 6.54 Å². The molecule has 0 saturated heterocycles. The van der Waals surface area contributed by atoms with Crippen LogP contribution in [0.2, 0.25) is 5.02 Å². The lowest BCUT2D eigenvalue weighted by Gasteiger charge is -2.56. The molecule has 4 aliphatic carbocycles. The number of nitrogens with one attached hydrogen (secondary N) is 1. The monoisotopic (exact) mass is 417 g/mol. The van der Waals surface area contributed by atoms with Crippen LogP contribution in [0.15, 0.2) is 24.3 Å². The second-order valence-electron chi connectivity index (χ2n) is 9.37. The summed E-state index contributed by atoms with van der Waals surface area (Å²) in [5.74, 6) is 1.39. The summed E-state index contributed by atoms with van der Waals surface area (Å²) in [5.41, 5.74) is 0.571. The molecule has 5 rings (SSSR count). The fraction of sp³-hybridized carbons (Fsp3) is 0.609. The molecule has 1 N–H and O–H groups in total. The summed E-state index contributed by atoms with van der Waals surface area (Å²) >= 11 is 5.83. The summed E-state index contributed by atoms with van der Waals surface area (Å²) in [6.45, 7) is 1.33. The number of halogens is 1. The zero-order chi connectivity index (χ0) is 20.6. The van der Waals surface area contributed by atoms with E-state index in [2.05, 4.69) is 5.32 Å². The summed E-state index contributed by atoms with van der Waals surface area (Å²) in [5, 5.41) is 3.24. The Labute approximate surface area is 176 Å². The number of hydrogen-bond acceptors (Lipinski definition) is 4. The van der Waals surface area contributed by atoms with E-state index in [-0.39, 0.29) is 23.7 Å². The first-order valence-corrected chi connectivity index (χ1v) is 11.0. The van der Waals surface area contributed by atoms with Crippen LogP contribution >= 0.6 is 11.6 Å². The van der Waals surface area contributed by atoms with Crippen LogP contribution in [0.1, 0.15) is 62.2 Å². The van der Waals surface area contributed by atoms with E-state index in [1.807, 2.05) is 0 Å². The Bertz CT molecular complexity index is 768. The maximum absolute atomic E-state index is 12.5. The first-order chi connectivity index (χ1) is 13.8. The predicted molar refractivity (Wildman–Crippen MR) is 110 cm³/mol. The molecule has 1 aromatic carbocycles. The number of carbonyl (C=O) groups excluding carboxylic acids is 3. The van der Waals surface area contributed by atoms with Crippen molar-refractivity contribution in [2.24, 2.45) is 23.2 Å². The molecule has 4 fully saturated rings. The average molecular weight is 418 g/mol. The highest BCUT2D eigenvalue weighted by molar-refractivity contribution is 6.30. The molecule has 0 aromatic heterocycles. The molecule has 29 heavy (non-hydrogen) atoms. The largest absolute Gasteiger partial charge is 0.453 e. The van der Waals surface area contributed by atoms with Crippen LogP contribution in [0.25, 0.3) is 0 Å². The standard InChI is InChI=1S/C23H28ClNO4/c1-14(22(28)18-2-4-19(24)5-3-18)29-21(27)13-25-20(26)12-23-9-15-6-16(10-23)8-17(7-15)11-23/h2-5,14-17H,6-13H2,1H3,(H,25,26)/t14-,15?,16?,17?,23?/m1/s1. The van der Waals surface area contributed by atoms with Crippen molar-refractivity contribution >= 4 is 29.3 Å². The Morgan fingerprint density at radius 1 is 1.07 bits per heavy atom. The van der Waals surface area contributed by atoms with Gasteiger partial charge in [-0.3, -0.25) is 14.4 Å². The molecule has 0 spiro atoms. The lowest BCUT2D eigenvalue weighted by Crippen LogP contribution is -2.48. The van der Waals surface area contributed by atoms with Crippen LogP contribution in [0.4, 0.5) is 0 Å². The van der Waals surface area contributed by atoms with Crippen molar-refractivity contribution in [1.82, 2.24) is 5.32 Å². The average Bonchev–Trinajstić information content (AvgIpc) is 2.65. The molecule has 0 radical (unpaired) electrons. The third-order valence-corrected chi connectivity index (χ3v) is 7.19. The molecule has 1 amide bonds. The Balaban J connectivity index is 1.23. The number of ketones is 1. The van der Waals surface area contributed by atoms with Gasteiger partial charge in [-0.25, -0.2) is 0 Å². The SMILES string of the molecule is C[C@@H](OC(=O)CNC(=O)CC12CC3CC(CC(C3)C1)C2)C(=O)c1ccc(Cl)cc1. The number of Topliss-reactive ketones (excluding diaryl/α,β-unsaturated/α-hetero) is 1. The maximum atomic E-state index is 12.5. The van der Waals surface area contributed by atoms with E-state index in [4.69, 9.17) is 16.3 Å². The predicted octanol–water partition coefficient (Wildman–Crippen LogP) is 4.18. The van der Waals surface area contributed by atoms with E-state index in [9.17, 15) is 14.4 Å². The third kappa shape index (κ3) is 4.66. The number of ether oxygens (including phenoxy) is 1. The molecule has 0 aliphatic heterocycles. The summed E-state index contributed by atoms with van der Waals surface area (Å²) in [6.07, 6.45) is 7.08. The van der Waals surface area contributed by atoms with Crippen LogP contribution < -0.4 is 5.32 Å². The van der Waals surface area contributed by atoms with Crippen molar-refractivity contribution in [1.29, 1.82) is 0 Å². The van der Waals surface area contributed by atoms with Crippen molar-refractivity contribution in [2.45, 2.75) is 58.0 Å². The summed E-state index contributed by atoms with van der Waals surface area (Å²) < 4.78 is 5.20. The Morgan fingerprint density at radius 2 is 1.62 bits per heavy atom. The van der Waals surface area contributed by atoms with Crippen LogP contribution in [0.3, 0.4) is 0 Å². The van der Waals surface area contributed by atoms with Gasteiger partial charge in [0.2, 0.25) is 11.7 Å². The summed E-state index contributed by atoms with van der Waals surface area (Å²) in [7, 11) is 0. The first-order valence-electron chi connectivity index (χ1n) is 10.6. The van der Waals surface area contributed by atoms with E-state index in [0.29, 0.717) is 17.0 Å². The number of hydrogen-bond donors (Lipinski definition) is 1. The van der Waals surface area contributed by atoms with Gasteiger partial charge in [0, 0.05) is 17.0 Å². The van der Waals surface area contributed by atoms with Crippen LogP contribution in [0.5, 0.6) is 0 Å². The number of esters is 1. The first kappa shape index (κ1) is 20.4. The van der Waals surface area contributed by atoms with Crippen LogP contribution in [0, 0.1) is 23.2 Å². The lowest BCUT2D eigenvalue weighted by atomic mass is 9.49. The molecule has 1 atom stereocenters. The van der Waals surface area contributed by atoms with E-state index in [1.54, 1.807) is 24.3 Å². The Hall–Kier alpha value is -1.88. The second kappa shape index (κ2) is 8.10. The van der Waals surface area contributed by atoms with Gasteiger partial charge in [0.05, 0.1) is 0 Å². The number of rotatable bonds is 7. The van der Waals surface area contributed by atoms with Gasteiger partial charge < -0.3 is 10.1 Å². The second-order valence-corrected chi connectivity index (χ2v) is 9.81. The molecular formula is C23H28ClNO4. The zero-order valence-corrected chi connectivity index (χ0v) is 17.5. The number of carbonyl (C=O) groups is 3. The molecular weight excluding hydrogens is 390 g/mol. The fourth-order valence-corrected chi connectivity index (χ4v) is 6.35. The highest BCUT2D eigenvalue weighted by atomic mass is 35.5. The molecule has 156 valence electrons. The fourth-order valence-electron chi connectivity index (χ4n) is 6.22. The van der Waals surface area contributed by atoms with E-state index in [1.165, 1.54) is 26.2 Å². The smallest absolute Gasteiger partial charge is 0.326 e. The Kier molecular flexibility index (Phi) is 5.69. The summed E-state index contributed by atoms with van der Waals surface area (Å²) in [6, 6.07) is 6.44. The zero-order valence-electron chi connectivity index (χ0n) is 16.8. The maximum Gasteiger partial charge on any atom is 0.326 e. The highest BCUT2D eigenvalue weighted by Crippen LogP contribution is 2.61. The van der Waals surface area contributed by atoms with Gasteiger partial charge in [-0.1, -0.05) is 11.6 Å². The van der Waals surface area contributed by atoms with Crippen molar-refractivity contribution < 1.29 is 19.1 Å². The van der Waals surface area contributed by atoms with Gasteiger partial charge >= 0.3 is 5.97 Å². The minimum absolute atomic E-state index is 0.0828. The van der Waals surface area contributed by atoms with Crippen LogP contribution in [-0.2, 0) is 14.3 Å². The van der Waals surface area contributed by atoms with E-state index < -0.39 is 12.1 Å². The molecule has 0 unspecified atom stereocenters. The molecule has 0 heterocycles. The van der Waals surface area contributed by atoms with Gasteiger partial charge in [-0.05, 0) is 92.9 Å². The lowest BCUT2D eigenvalue weighted by molar-refractivity contribution is -0.147. The van der Waals surface area contributed by atoms with Crippen molar-refractivity contribution in [2.75, 3.05) is 6.54 Å². The van der Waals surface area contributed by atoms with Crippen molar-refractivity contribution in [3.8, 4) is 0 Å². The summed E-state index contributed by atoms with van der Waals surface area (Å²) in [4.78, 5) is 36.9. The minimum Gasteiger partial charge on any atom is -0.453 e. The van der Waals surface area contributed by atoms with Gasteiger partial charge in [-0.15, -0.1) is 0 Å². The van der Waals surface area contributed by atoms with Gasteiger partial charge in [0.25, 0.3) is 0 Å². The van der Waals surface area contributed by atoms with Gasteiger partial charge in [0.15, 0.2) is 6.10 Å². The van der Waals surface area contributed by atoms with Crippen molar-refractivity contribution in [3.05, 3.63) is 34.9 Å². The number of amides is 1. The normalized spacial score (nSPS) is 30.6. The molecule has 1 aromatic rings. The third-order valence-electron chi connectivity index (χ3n) is 6.94. The number of benzene rings is 1. The topological polar surface area (TPSA) is 72.5 Å². The van der Waals surface area contributed by atoms with Crippen LogP contribution in [-0.4, -0.2) is 30.3 Å².